The van der Waals surface area contributed by atoms with Crippen LogP contribution < -0.4 is 4.74 Å². The SMILES string of the molecule is OCc1ccc(OCc2c(F)c(F)c(F)c(F)c2F)cc1. The minimum absolute atomic E-state index is 0.163. The number of hydrogen-bond donors (Lipinski definition) is 1. The first-order chi connectivity index (χ1) is 9.95. The van der Waals surface area contributed by atoms with E-state index in [-0.39, 0.29) is 12.4 Å². The summed E-state index contributed by atoms with van der Waals surface area (Å²) in [4.78, 5) is 0. The van der Waals surface area contributed by atoms with Crippen molar-refractivity contribution in [2.24, 2.45) is 0 Å². The van der Waals surface area contributed by atoms with Gasteiger partial charge < -0.3 is 9.84 Å². The Morgan fingerprint density at radius 3 is 1.71 bits per heavy atom. The molecule has 0 aliphatic carbocycles. The molecule has 2 aromatic rings. The van der Waals surface area contributed by atoms with Crippen LogP contribution in [0.4, 0.5) is 22.0 Å². The summed E-state index contributed by atoms with van der Waals surface area (Å²) in [7, 11) is 0. The summed E-state index contributed by atoms with van der Waals surface area (Å²) >= 11 is 0. The van der Waals surface area contributed by atoms with Crippen LogP contribution in [0.3, 0.4) is 0 Å². The molecule has 0 heterocycles. The third-order valence-corrected chi connectivity index (χ3v) is 2.79. The molecule has 2 nitrogen and oxygen atoms in total. The highest BCUT2D eigenvalue weighted by molar-refractivity contribution is 5.28. The summed E-state index contributed by atoms with van der Waals surface area (Å²) < 4.78 is 70.6. The van der Waals surface area contributed by atoms with Gasteiger partial charge in [0, 0.05) is 0 Å². The normalized spacial score (nSPS) is 10.8. The van der Waals surface area contributed by atoms with E-state index in [9.17, 15) is 22.0 Å². The molecule has 0 aliphatic heterocycles. The largest absolute Gasteiger partial charge is 0.489 e. The molecule has 0 atom stereocenters. The number of halogens is 5. The van der Waals surface area contributed by atoms with Gasteiger partial charge in [0.05, 0.1) is 12.2 Å². The van der Waals surface area contributed by atoms with Crippen LogP contribution in [0.5, 0.6) is 5.75 Å². The molecule has 0 saturated heterocycles. The van der Waals surface area contributed by atoms with Crippen molar-refractivity contribution in [1.29, 1.82) is 0 Å². The topological polar surface area (TPSA) is 29.5 Å². The highest BCUT2D eigenvalue weighted by Crippen LogP contribution is 2.24. The first-order valence-corrected chi connectivity index (χ1v) is 5.78. The molecule has 0 bridgehead atoms. The molecule has 112 valence electrons. The maximum atomic E-state index is 13.4. The highest BCUT2D eigenvalue weighted by atomic mass is 19.2. The summed E-state index contributed by atoms with van der Waals surface area (Å²) in [5.74, 6) is -9.90. The Hall–Kier alpha value is -2.15. The lowest BCUT2D eigenvalue weighted by molar-refractivity contribution is 0.275. The molecule has 21 heavy (non-hydrogen) atoms. The molecule has 0 aromatic heterocycles. The molecule has 0 fully saturated rings. The molecule has 2 rings (SSSR count). The van der Waals surface area contributed by atoms with Gasteiger partial charge in [0.25, 0.3) is 0 Å². The standard InChI is InChI=1S/C14H9F5O2/c15-10-9(11(16)13(18)14(19)12(10)17)6-21-8-3-1-7(5-20)2-4-8/h1-4,20H,5-6H2. The predicted molar refractivity (Wildman–Crippen MR) is 62.9 cm³/mol. The van der Waals surface area contributed by atoms with Gasteiger partial charge in [0.2, 0.25) is 5.82 Å². The van der Waals surface area contributed by atoms with Gasteiger partial charge in [-0.3, -0.25) is 0 Å². The van der Waals surface area contributed by atoms with Gasteiger partial charge in [0.15, 0.2) is 23.3 Å². The van der Waals surface area contributed by atoms with Crippen LogP contribution in [-0.2, 0) is 13.2 Å². The van der Waals surface area contributed by atoms with Crippen molar-refractivity contribution in [2.45, 2.75) is 13.2 Å². The molecule has 0 amide bonds. The quantitative estimate of drug-likeness (QED) is 0.532. The average molecular weight is 304 g/mol. The lowest BCUT2D eigenvalue weighted by Crippen LogP contribution is -2.09. The van der Waals surface area contributed by atoms with Crippen LogP contribution in [0.25, 0.3) is 0 Å². The van der Waals surface area contributed by atoms with E-state index in [0.29, 0.717) is 5.56 Å². The molecule has 1 N–H and O–H groups in total. The van der Waals surface area contributed by atoms with Crippen molar-refractivity contribution in [2.75, 3.05) is 0 Å². The van der Waals surface area contributed by atoms with Crippen molar-refractivity contribution >= 4 is 0 Å². The summed E-state index contributed by atoms with van der Waals surface area (Å²) in [5, 5.41) is 8.84. The number of ether oxygens (including phenoxy) is 1. The van der Waals surface area contributed by atoms with Crippen LogP contribution in [0, 0.1) is 29.1 Å². The Bertz CT molecular complexity index is 626. The number of aliphatic hydroxyl groups excluding tert-OH is 1. The molecule has 2 aromatic carbocycles. The summed E-state index contributed by atoms with van der Waals surface area (Å²) in [5.41, 5.74) is -0.462. The molecule has 0 spiro atoms. The van der Waals surface area contributed by atoms with Crippen molar-refractivity contribution < 1.29 is 31.8 Å². The fourth-order valence-electron chi connectivity index (χ4n) is 1.62. The molecular weight excluding hydrogens is 295 g/mol. The molecular formula is C14H9F5O2. The molecule has 0 saturated carbocycles. The number of rotatable bonds is 4. The van der Waals surface area contributed by atoms with E-state index in [1.165, 1.54) is 24.3 Å². The van der Waals surface area contributed by atoms with Crippen molar-refractivity contribution in [1.82, 2.24) is 0 Å². The lowest BCUT2D eigenvalue weighted by atomic mass is 10.2. The van der Waals surface area contributed by atoms with Crippen LogP contribution in [-0.4, -0.2) is 5.11 Å². The predicted octanol–water partition coefficient (Wildman–Crippen LogP) is 3.45. The number of hydrogen-bond acceptors (Lipinski definition) is 2. The lowest BCUT2D eigenvalue weighted by Gasteiger charge is -2.10. The van der Waals surface area contributed by atoms with Crippen LogP contribution in [0.2, 0.25) is 0 Å². The molecule has 0 aliphatic rings. The Kier molecular flexibility index (Phi) is 4.42. The van der Waals surface area contributed by atoms with E-state index in [2.05, 4.69) is 0 Å². The Labute approximate surface area is 116 Å². The molecule has 0 unspecified atom stereocenters. The zero-order valence-corrected chi connectivity index (χ0v) is 10.5. The summed E-state index contributed by atoms with van der Waals surface area (Å²) in [6.07, 6.45) is 0. The smallest absolute Gasteiger partial charge is 0.200 e. The van der Waals surface area contributed by atoms with Crippen LogP contribution in [0.1, 0.15) is 11.1 Å². The molecule has 7 heteroatoms. The fourth-order valence-corrected chi connectivity index (χ4v) is 1.62. The maximum absolute atomic E-state index is 13.4. The van der Waals surface area contributed by atoms with E-state index >= 15 is 0 Å². The van der Waals surface area contributed by atoms with Crippen LogP contribution in [0.15, 0.2) is 24.3 Å². The number of benzene rings is 2. The second kappa shape index (κ2) is 6.09. The Morgan fingerprint density at radius 1 is 0.762 bits per heavy atom. The van der Waals surface area contributed by atoms with E-state index in [4.69, 9.17) is 9.84 Å². The first-order valence-electron chi connectivity index (χ1n) is 5.78. The van der Waals surface area contributed by atoms with Crippen LogP contribution >= 0.6 is 0 Å². The third-order valence-electron chi connectivity index (χ3n) is 2.79. The van der Waals surface area contributed by atoms with Gasteiger partial charge in [0.1, 0.15) is 12.4 Å². The van der Waals surface area contributed by atoms with Crippen molar-refractivity contribution in [3.05, 3.63) is 64.5 Å². The second-order valence-corrected chi connectivity index (χ2v) is 4.14. The Morgan fingerprint density at radius 2 is 1.24 bits per heavy atom. The second-order valence-electron chi connectivity index (χ2n) is 4.14. The van der Waals surface area contributed by atoms with Crippen molar-refractivity contribution in [3.8, 4) is 5.75 Å². The maximum Gasteiger partial charge on any atom is 0.200 e. The highest BCUT2D eigenvalue weighted by Gasteiger charge is 2.25. The van der Waals surface area contributed by atoms with E-state index in [1.54, 1.807) is 0 Å². The fraction of sp³-hybridized carbons (Fsp3) is 0.143. The minimum Gasteiger partial charge on any atom is -0.489 e. The van der Waals surface area contributed by atoms with E-state index < -0.39 is 41.3 Å². The molecule has 0 radical (unpaired) electrons. The monoisotopic (exact) mass is 304 g/mol. The van der Waals surface area contributed by atoms with E-state index in [1.807, 2.05) is 0 Å². The van der Waals surface area contributed by atoms with Gasteiger partial charge >= 0.3 is 0 Å². The summed E-state index contributed by atoms with van der Waals surface area (Å²) in [6, 6.07) is 5.79. The zero-order valence-electron chi connectivity index (χ0n) is 10.5. The third kappa shape index (κ3) is 2.97. The van der Waals surface area contributed by atoms with Gasteiger partial charge in [-0.25, -0.2) is 22.0 Å². The minimum atomic E-state index is -2.21. The number of aliphatic hydroxyl groups is 1. The Balaban J connectivity index is 2.23. The van der Waals surface area contributed by atoms with Crippen molar-refractivity contribution in [3.63, 3.8) is 0 Å². The average Bonchev–Trinajstić information content (AvgIpc) is 2.51. The van der Waals surface area contributed by atoms with E-state index in [0.717, 1.165) is 0 Å². The van der Waals surface area contributed by atoms with Gasteiger partial charge in [-0.2, -0.15) is 0 Å². The van der Waals surface area contributed by atoms with Gasteiger partial charge in [-0.15, -0.1) is 0 Å². The first kappa shape index (κ1) is 15.2. The van der Waals surface area contributed by atoms with Gasteiger partial charge in [-0.1, -0.05) is 12.1 Å². The zero-order chi connectivity index (χ0) is 15.6. The van der Waals surface area contributed by atoms with Gasteiger partial charge in [-0.05, 0) is 17.7 Å². The summed E-state index contributed by atoms with van der Waals surface area (Å²) in [6.45, 7) is -1.01.